The summed E-state index contributed by atoms with van der Waals surface area (Å²) >= 11 is 0. The summed E-state index contributed by atoms with van der Waals surface area (Å²) in [6.07, 6.45) is 11.8. The van der Waals surface area contributed by atoms with Crippen molar-refractivity contribution in [2.75, 3.05) is 0 Å². The highest BCUT2D eigenvalue weighted by Gasteiger charge is 2.13. The summed E-state index contributed by atoms with van der Waals surface area (Å²) in [5, 5.41) is 0. The van der Waals surface area contributed by atoms with Gasteiger partial charge < -0.3 is 4.74 Å². The van der Waals surface area contributed by atoms with Gasteiger partial charge in [0.15, 0.2) is 0 Å². The molecule has 0 unspecified atom stereocenters. The van der Waals surface area contributed by atoms with Gasteiger partial charge in [0.1, 0.15) is 5.75 Å². The van der Waals surface area contributed by atoms with E-state index in [9.17, 15) is 4.79 Å². The van der Waals surface area contributed by atoms with Gasteiger partial charge in [-0.05, 0) is 55.2 Å². The van der Waals surface area contributed by atoms with Crippen LogP contribution in [0.5, 0.6) is 5.75 Å². The average molecular weight is 368 g/mol. The quantitative estimate of drug-likeness (QED) is 0.255. The molecule has 1 atom stereocenters. The molecule has 0 amide bonds. The molecule has 0 aliphatic carbocycles. The molecule has 1 aromatic carbocycles. The fourth-order valence-corrected chi connectivity index (χ4v) is 2.93. The Morgan fingerprint density at radius 1 is 0.963 bits per heavy atom. The van der Waals surface area contributed by atoms with E-state index in [-0.39, 0.29) is 11.9 Å². The molecule has 0 bridgehead atoms. The van der Waals surface area contributed by atoms with E-state index < -0.39 is 0 Å². The molecular formula is C24H33NO2. The fourth-order valence-electron chi connectivity index (χ4n) is 2.93. The van der Waals surface area contributed by atoms with Crippen molar-refractivity contribution < 1.29 is 9.53 Å². The standard InChI is InChI=1S/C24H33NO2/c1-4-6-7-8-9-10-11-20-12-17-23(25-18-20)21-13-15-22(16-14-21)27-24(26)19(3)5-2/h12-19H,4-11H2,1-3H3/t19-/m0/s1. The monoisotopic (exact) mass is 367 g/mol. The molecule has 0 saturated heterocycles. The highest BCUT2D eigenvalue weighted by atomic mass is 16.5. The number of rotatable bonds is 11. The van der Waals surface area contributed by atoms with Crippen LogP contribution in [-0.4, -0.2) is 11.0 Å². The molecule has 27 heavy (non-hydrogen) atoms. The molecule has 3 nitrogen and oxygen atoms in total. The second-order valence-electron chi connectivity index (χ2n) is 7.32. The van der Waals surface area contributed by atoms with Crippen LogP contribution in [0.15, 0.2) is 42.6 Å². The van der Waals surface area contributed by atoms with Gasteiger partial charge in [0.05, 0.1) is 11.6 Å². The molecule has 0 radical (unpaired) electrons. The first-order chi connectivity index (χ1) is 13.1. The number of pyridine rings is 1. The lowest BCUT2D eigenvalue weighted by atomic mass is 10.1. The molecule has 3 heteroatoms. The van der Waals surface area contributed by atoms with Gasteiger partial charge in [-0.1, -0.05) is 58.9 Å². The summed E-state index contributed by atoms with van der Waals surface area (Å²) in [4.78, 5) is 16.5. The number of carbonyl (C=O) groups excluding carboxylic acids is 1. The number of esters is 1. The van der Waals surface area contributed by atoms with E-state index in [1.807, 2.05) is 44.3 Å². The van der Waals surface area contributed by atoms with E-state index in [0.29, 0.717) is 5.75 Å². The second-order valence-corrected chi connectivity index (χ2v) is 7.32. The minimum Gasteiger partial charge on any atom is -0.426 e. The highest BCUT2D eigenvalue weighted by molar-refractivity contribution is 5.75. The van der Waals surface area contributed by atoms with E-state index in [1.54, 1.807) is 0 Å². The molecule has 0 saturated carbocycles. The number of carbonyl (C=O) groups is 1. The van der Waals surface area contributed by atoms with Crippen molar-refractivity contribution in [3.05, 3.63) is 48.2 Å². The summed E-state index contributed by atoms with van der Waals surface area (Å²) < 4.78 is 5.40. The molecule has 2 aromatic rings. The summed E-state index contributed by atoms with van der Waals surface area (Å²) in [6, 6.07) is 11.8. The molecule has 146 valence electrons. The fraction of sp³-hybridized carbons (Fsp3) is 0.500. The number of unbranched alkanes of at least 4 members (excludes halogenated alkanes) is 5. The lowest BCUT2D eigenvalue weighted by Crippen LogP contribution is -2.16. The number of ether oxygens (including phenoxy) is 1. The molecule has 0 aliphatic heterocycles. The summed E-state index contributed by atoms with van der Waals surface area (Å²) in [7, 11) is 0. The predicted octanol–water partition coefficient (Wildman–Crippen LogP) is 6.60. The molecule has 1 aromatic heterocycles. The van der Waals surface area contributed by atoms with Gasteiger partial charge in [-0.3, -0.25) is 9.78 Å². The SMILES string of the molecule is CCCCCCCCc1ccc(-c2ccc(OC(=O)[C@@H](C)CC)cc2)nc1. The third-order valence-electron chi connectivity index (χ3n) is 5.03. The smallest absolute Gasteiger partial charge is 0.314 e. The van der Waals surface area contributed by atoms with Gasteiger partial charge in [0.2, 0.25) is 0 Å². The maximum atomic E-state index is 11.9. The van der Waals surface area contributed by atoms with Crippen molar-refractivity contribution in [1.82, 2.24) is 4.98 Å². The molecule has 2 rings (SSSR count). The Bertz CT molecular complexity index is 677. The third-order valence-corrected chi connectivity index (χ3v) is 5.03. The lowest BCUT2D eigenvalue weighted by Gasteiger charge is -2.09. The first-order valence-corrected chi connectivity index (χ1v) is 10.4. The van der Waals surface area contributed by atoms with E-state index >= 15 is 0 Å². The van der Waals surface area contributed by atoms with Crippen LogP contribution >= 0.6 is 0 Å². The van der Waals surface area contributed by atoms with Crippen LogP contribution in [0.4, 0.5) is 0 Å². The van der Waals surface area contributed by atoms with Gasteiger partial charge >= 0.3 is 5.97 Å². The van der Waals surface area contributed by atoms with Crippen LogP contribution in [0.25, 0.3) is 11.3 Å². The van der Waals surface area contributed by atoms with Gasteiger partial charge in [0, 0.05) is 11.8 Å². The van der Waals surface area contributed by atoms with E-state index in [1.165, 1.54) is 44.1 Å². The number of hydrogen-bond acceptors (Lipinski definition) is 3. The van der Waals surface area contributed by atoms with Crippen LogP contribution < -0.4 is 4.74 Å². The van der Waals surface area contributed by atoms with Crippen LogP contribution in [0.3, 0.4) is 0 Å². The van der Waals surface area contributed by atoms with E-state index in [0.717, 1.165) is 24.1 Å². The number of nitrogens with zero attached hydrogens (tertiary/aromatic N) is 1. The summed E-state index contributed by atoms with van der Waals surface area (Å²) in [5.41, 5.74) is 3.28. The molecular weight excluding hydrogens is 334 g/mol. The summed E-state index contributed by atoms with van der Waals surface area (Å²) in [5.74, 6) is 0.330. The van der Waals surface area contributed by atoms with E-state index in [4.69, 9.17) is 4.74 Å². The predicted molar refractivity (Wildman–Crippen MR) is 112 cm³/mol. The number of hydrogen-bond donors (Lipinski definition) is 0. The second kappa shape index (κ2) is 11.5. The highest BCUT2D eigenvalue weighted by Crippen LogP contribution is 2.22. The van der Waals surface area contributed by atoms with Crippen molar-refractivity contribution in [3.8, 4) is 17.0 Å². The first-order valence-electron chi connectivity index (χ1n) is 10.4. The zero-order valence-electron chi connectivity index (χ0n) is 17.0. The van der Waals surface area contributed by atoms with Crippen LogP contribution in [-0.2, 0) is 11.2 Å². The van der Waals surface area contributed by atoms with Gasteiger partial charge in [-0.15, -0.1) is 0 Å². The average Bonchev–Trinajstić information content (AvgIpc) is 2.71. The van der Waals surface area contributed by atoms with Gasteiger partial charge in [-0.25, -0.2) is 0 Å². The molecule has 0 N–H and O–H groups in total. The Hall–Kier alpha value is -2.16. The molecule has 0 spiro atoms. The maximum absolute atomic E-state index is 11.9. The summed E-state index contributed by atoms with van der Waals surface area (Å²) in [6.45, 7) is 6.12. The normalized spacial score (nSPS) is 12.0. The Morgan fingerprint density at radius 3 is 2.30 bits per heavy atom. The zero-order valence-corrected chi connectivity index (χ0v) is 17.0. The minimum atomic E-state index is -0.178. The lowest BCUT2D eigenvalue weighted by molar-refractivity contribution is -0.138. The van der Waals surface area contributed by atoms with Gasteiger partial charge in [0.25, 0.3) is 0 Å². The van der Waals surface area contributed by atoms with Gasteiger partial charge in [-0.2, -0.15) is 0 Å². The Balaban J connectivity index is 1.84. The molecule has 1 heterocycles. The topological polar surface area (TPSA) is 39.2 Å². The number of aromatic nitrogens is 1. The zero-order chi connectivity index (χ0) is 19.5. The van der Waals surface area contributed by atoms with Crippen LogP contribution in [0.2, 0.25) is 0 Å². The van der Waals surface area contributed by atoms with Crippen molar-refractivity contribution in [1.29, 1.82) is 0 Å². The van der Waals surface area contributed by atoms with Crippen molar-refractivity contribution >= 4 is 5.97 Å². The Morgan fingerprint density at radius 2 is 1.67 bits per heavy atom. The number of benzene rings is 1. The largest absolute Gasteiger partial charge is 0.426 e. The first kappa shape index (κ1) is 21.1. The minimum absolute atomic E-state index is 0.0782. The van der Waals surface area contributed by atoms with Crippen LogP contribution in [0, 0.1) is 5.92 Å². The third kappa shape index (κ3) is 7.16. The Kier molecular flexibility index (Phi) is 9.03. The number of aryl methyl sites for hydroxylation is 1. The van der Waals surface area contributed by atoms with Crippen LogP contribution in [0.1, 0.15) is 71.3 Å². The van der Waals surface area contributed by atoms with Crippen molar-refractivity contribution in [2.24, 2.45) is 5.92 Å². The molecule has 0 aliphatic rings. The van der Waals surface area contributed by atoms with Crippen molar-refractivity contribution in [2.45, 2.75) is 72.1 Å². The van der Waals surface area contributed by atoms with Crippen molar-refractivity contribution in [3.63, 3.8) is 0 Å². The Labute approximate surface area is 164 Å². The van der Waals surface area contributed by atoms with E-state index in [2.05, 4.69) is 24.0 Å². The molecule has 0 fully saturated rings. The maximum Gasteiger partial charge on any atom is 0.314 e.